The molecule has 157 valence electrons. The Morgan fingerprint density at radius 2 is 1.83 bits per heavy atom. The second kappa shape index (κ2) is 9.67. The maximum atomic E-state index is 12.4. The Morgan fingerprint density at radius 1 is 1.07 bits per heavy atom. The maximum absolute atomic E-state index is 12.4. The number of carbonyl (C=O) groups excluding carboxylic acids is 1. The summed E-state index contributed by atoms with van der Waals surface area (Å²) >= 11 is 0. The second-order valence-electron chi connectivity index (χ2n) is 7.63. The topological polar surface area (TPSA) is 60.6 Å². The molecule has 1 aromatic heterocycles. The summed E-state index contributed by atoms with van der Waals surface area (Å²) < 4.78 is 5.49. The molecule has 4 rings (SSSR count). The van der Waals surface area contributed by atoms with Gasteiger partial charge in [0.15, 0.2) is 0 Å². The van der Waals surface area contributed by atoms with Crippen molar-refractivity contribution < 1.29 is 9.53 Å². The second-order valence-corrected chi connectivity index (χ2v) is 7.63. The quantitative estimate of drug-likeness (QED) is 0.565. The van der Waals surface area contributed by atoms with Gasteiger partial charge in [-0.1, -0.05) is 30.3 Å². The van der Waals surface area contributed by atoms with Gasteiger partial charge in [-0.05, 0) is 37.6 Å². The number of carbonyl (C=O) groups is 1. The van der Waals surface area contributed by atoms with E-state index in [1.165, 1.54) is 5.69 Å². The van der Waals surface area contributed by atoms with Crippen LogP contribution in [0.3, 0.4) is 0 Å². The number of nitrogens with one attached hydrogen (secondary N) is 2. The number of piperazine rings is 1. The first-order valence-electron chi connectivity index (χ1n) is 10.6. The molecule has 3 aromatic rings. The number of benzene rings is 2. The van der Waals surface area contributed by atoms with Crippen LogP contribution in [0.2, 0.25) is 0 Å². The van der Waals surface area contributed by atoms with Crippen LogP contribution >= 0.6 is 0 Å². The summed E-state index contributed by atoms with van der Waals surface area (Å²) in [5.74, 6) is 0.881. The summed E-state index contributed by atoms with van der Waals surface area (Å²) in [6.45, 7) is 5.87. The Hall–Kier alpha value is -2.99. The van der Waals surface area contributed by atoms with Crippen LogP contribution in [0.4, 0.5) is 5.69 Å². The van der Waals surface area contributed by atoms with Crippen molar-refractivity contribution >= 4 is 22.5 Å². The van der Waals surface area contributed by atoms with Crippen molar-refractivity contribution in [2.45, 2.75) is 12.8 Å². The van der Waals surface area contributed by atoms with E-state index in [-0.39, 0.29) is 5.91 Å². The molecule has 2 heterocycles. The van der Waals surface area contributed by atoms with Crippen molar-refractivity contribution in [2.75, 3.05) is 51.3 Å². The van der Waals surface area contributed by atoms with E-state index in [1.807, 2.05) is 36.4 Å². The molecule has 2 N–H and O–H groups in total. The Kier molecular flexibility index (Phi) is 6.54. The van der Waals surface area contributed by atoms with E-state index in [1.54, 1.807) is 7.11 Å². The summed E-state index contributed by atoms with van der Waals surface area (Å²) in [5, 5.41) is 3.94. The van der Waals surface area contributed by atoms with Crippen LogP contribution < -0.4 is 15.0 Å². The first kappa shape index (κ1) is 20.3. The Labute approximate surface area is 177 Å². The molecule has 1 aliphatic rings. The number of amides is 1. The van der Waals surface area contributed by atoms with Gasteiger partial charge >= 0.3 is 0 Å². The molecule has 0 spiro atoms. The summed E-state index contributed by atoms with van der Waals surface area (Å²) in [5.41, 5.74) is 2.71. The Bertz CT molecular complexity index is 976. The van der Waals surface area contributed by atoms with E-state index in [2.05, 4.69) is 38.4 Å². The largest absolute Gasteiger partial charge is 0.495 e. The third-order valence-electron chi connectivity index (χ3n) is 5.73. The molecule has 1 aliphatic heterocycles. The van der Waals surface area contributed by atoms with Crippen molar-refractivity contribution in [2.24, 2.45) is 0 Å². The Morgan fingerprint density at radius 3 is 2.67 bits per heavy atom. The van der Waals surface area contributed by atoms with Gasteiger partial charge in [-0.25, -0.2) is 0 Å². The molecular formula is C24H29N4O2. The van der Waals surface area contributed by atoms with Crippen molar-refractivity contribution in [3.63, 3.8) is 0 Å². The van der Waals surface area contributed by atoms with Gasteiger partial charge in [-0.3, -0.25) is 9.69 Å². The number of hydrogen-bond donors (Lipinski definition) is 2. The summed E-state index contributed by atoms with van der Waals surface area (Å²) in [4.78, 5) is 20.3. The van der Waals surface area contributed by atoms with Crippen LogP contribution in [0.5, 0.6) is 5.75 Å². The molecule has 1 radical (unpaired) electrons. The molecule has 1 amide bonds. The van der Waals surface area contributed by atoms with E-state index in [0.29, 0.717) is 12.1 Å². The number of fused-ring (bicyclic) bond motifs is 1. The molecule has 0 saturated carbocycles. The van der Waals surface area contributed by atoms with Gasteiger partial charge in [0.1, 0.15) is 5.75 Å². The molecule has 0 atom stereocenters. The van der Waals surface area contributed by atoms with Crippen molar-refractivity contribution in [3.05, 3.63) is 60.3 Å². The zero-order valence-electron chi connectivity index (χ0n) is 17.5. The third-order valence-corrected chi connectivity index (χ3v) is 5.73. The smallest absolute Gasteiger partial charge is 0.254 e. The monoisotopic (exact) mass is 405 g/mol. The lowest BCUT2D eigenvalue weighted by Gasteiger charge is -2.36. The Balaban J connectivity index is 1.16. The summed E-state index contributed by atoms with van der Waals surface area (Å²) in [7, 11) is 1.73. The lowest BCUT2D eigenvalue weighted by atomic mass is 10.1. The third kappa shape index (κ3) is 4.60. The number of methoxy groups -OCH3 is 1. The summed E-state index contributed by atoms with van der Waals surface area (Å²) in [6.07, 6.45) is 5.02. The minimum atomic E-state index is -0.0575. The highest BCUT2D eigenvalue weighted by Gasteiger charge is 2.19. The molecule has 0 aliphatic carbocycles. The number of anilines is 1. The number of hydrogen-bond acceptors (Lipinski definition) is 4. The maximum Gasteiger partial charge on any atom is 0.254 e. The van der Waals surface area contributed by atoms with E-state index in [0.717, 1.165) is 62.2 Å². The summed E-state index contributed by atoms with van der Waals surface area (Å²) in [6, 6.07) is 16.0. The minimum absolute atomic E-state index is 0.0575. The van der Waals surface area contributed by atoms with E-state index in [4.69, 9.17) is 4.74 Å². The number of H-pyrrole nitrogens is 1. The molecule has 1 fully saturated rings. The minimum Gasteiger partial charge on any atom is -0.495 e. The fraction of sp³-hybridized carbons (Fsp3) is 0.375. The highest BCUT2D eigenvalue weighted by molar-refractivity contribution is 6.06. The number of nitrogens with zero attached hydrogens (tertiary/aromatic N) is 2. The highest BCUT2D eigenvalue weighted by Crippen LogP contribution is 2.28. The van der Waals surface area contributed by atoms with Gasteiger partial charge in [0, 0.05) is 43.6 Å². The van der Waals surface area contributed by atoms with Crippen molar-refractivity contribution in [1.82, 2.24) is 15.2 Å². The molecule has 6 nitrogen and oxygen atoms in total. The number of para-hydroxylation sites is 3. The van der Waals surface area contributed by atoms with E-state index >= 15 is 0 Å². The predicted molar refractivity (Wildman–Crippen MR) is 120 cm³/mol. The van der Waals surface area contributed by atoms with Crippen LogP contribution in [-0.4, -0.2) is 62.2 Å². The molecule has 0 bridgehead atoms. The predicted octanol–water partition coefficient (Wildman–Crippen LogP) is 3.31. The highest BCUT2D eigenvalue weighted by atomic mass is 16.5. The lowest BCUT2D eigenvalue weighted by Crippen LogP contribution is -2.46. The normalized spacial score (nSPS) is 14.8. The average molecular weight is 406 g/mol. The van der Waals surface area contributed by atoms with Crippen LogP contribution in [0, 0.1) is 6.20 Å². The molecule has 1 saturated heterocycles. The van der Waals surface area contributed by atoms with Gasteiger partial charge in [0.25, 0.3) is 5.91 Å². The van der Waals surface area contributed by atoms with Crippen LogP contribution in [0.25, 0.3) is 10.9 Å². The number of aromatic nitrogens is 1. The first-order valence-corrected chi connectivity index (χ1v) is 10.6. The molecule has 2 aromatic carbocycles. The average Bonchev–Trinajstić information content (AvgIpc) is 3.23. The number of aromatic amines is 1. The number of rotatable bonds is 8. The lowest BCUT2D eigenvalue weighted by molar-refractivity contribution is 0.0954. The fourth-order valence-corrected chi connectivity index (χ4v) is 4.04. The van der Waals surface area contributed by atoms with Crippen LogP contribution in [0.1, 0.15) is 23.2 Å². The SMILES string of the molecule is COc1ccccc1N1CCN(CCCCNC(=O)c2[c][nH]c3ccccc23)CC1. The number of unbranched alkanes of at least 4 members (excludes halogenated alkanes) is 1. The van der Waals surface area contributed by atoms with Gasteiger partial charge in [-0.15, -0.1) is 0 Å². The molecular weight excluding hydrogens is 376 g/mol. The van der Waals surface area contributed by atoms with E-state index in [9.17, 15) is 4.79 Å². The van der Waals surface area contributed by atoms with Crippen molar-refractivity contribution in [3.8, 4) is 5.75 Å². The first-order chi connectivity index (χ1) is 14.8. The fourth-order valence-electron chi connectivity index (χ4n) is 4.04. The zero-order valence-corrected chi connectivity index (χ0v) is 17.5. The van der Waals surface area contributed by atoms with Gasteiger partial charge in [0.2, 0.25) is 0 Å². The molecule has 30 heavy (non-hydrogen) atoms. The number of ether oxygens (including phenoxy) is 1. The van der Waals surface area contributed by atoms with Gasteiger partial charge in [-0.2, -0.15) is 0 Å². The van der Waals surface area contributed by atoms with Crippen LogP contribution in [0.15, 0.2) is 48.5 Å². The zero-order chi connectivity index (χ0) is 20.8. The molecule has 6 heteroatoms. The van der Waals surface area contributed by atoms with Crippen molar-refractivity contribution in [1.29, 1.82) is 0 Å². The van der Waals surface area contributed by atoms with Gasteiger partial charge < -0.3 is 19.9 Å². The standard InChI is InChI=1S/C24H29N4O2/c1-30-23-11-5-4-10-22(23)28-16-14-27(15-17-28)13-7-6-12-25-24(29)20-18-26-21-9-3-2-8-19(20)21/h2-5,8-11,26H,6-7,12-17H2,1H3,(H,25,29). The van der Waals surface area contributed by atoms with E-state index < -0.39 is 0 Å². The van der Waals surface area contributed by atoms with Crippen LogP contribution in [-0.2, 0) is 0 Å². The van der Waals surface area contributed by atoms with Gasteiger partial charge in [0.05, 0.1) is 24.6 Å². The molecule has 0 unspecified atom stereocenters.